The molecule has 13 heteroatoms. The molecule has 2 amide bonds. The van der Waals surface area contributed by atoms with Gasteiger partial charge in [-0.3, -0.25) is 0 Å². The molecule has 0 spiro atoms. The standard InChI is InChI=1S/C20H15F4N7O2/c21-13-5-10(16-11(8-32)7-30-17(16)18(25)28-9-29-30)1-2-14(13)31(19(26)33)15-6-12(3-4-27-15)20(22,23)24/h1-7,9,32H,8H2,(H2,26,33)(H2,25,28,29). The fourth-order valence-corrected chi connectivity index (χ4v) is 3.44. The molecule has 0 bridgehead atoms. The molecular weight excluding hydrogens is 446 g/mol. The number of alkyl halides is 3. The molecule has 0 aliphatic carbocycles. The lowest BCUT2D eigenvalue weighted by atomic mass is 10.0. The average Bonchev–Trinajstić information content (AvgIpc) is 3.14. The van der Waals surface area contributed by atoms with Crippen LogP contribution in [-0.2, 0) is 12.8 Å². The largest absolute Gasteiger partial charge is 0.416 e. The molecule has 9 nitrogen and oxygen atoms in total. The lowest BCUT2D eigenvalue weighted by molar-refractivity contribution is -0.137. The molecule has 1 aromatic carbocycles. The van der Waals surface area contributed by atoms with Crippen LogP contribution in [0, 0.1) is 5.82 Å². The highest BCUT2D eigenvalue weighted by Gasteiger charge is 2.32. The van der Waals surface area contributed by atoms with E-state index in [0.717, 1.165) is 18.3 Å². The number of nitrogen functional groups attached to an aromatic ring is 1. The van der Waals surface area contributed by atoms with E-state index in [2.05, 4.69) is 15.1 Å². The van der Waals surface area contributed by atoms with Crippen LogP contribution >= 0.6 is 0 Å². The van der Waals surface area contributed by atoms with Gasteiger partial charge in [0.25, 0.3) is 0 Å². The average molecular weight is 461 g/mol. The van der Waals surface area contributed by atoms with E-state index in [4.69, 9.17) is 11.5 Å². The zero-order valence-electron chi connectivity index (χ0n) is 16.6. The molecule has 4 rings (SSSR count). The van der Waals surface area contributed by atoms with E-state index in [1.54, 1.807) is 0 Å². The molecule has 0 aliphatic heterocycles. The van der Waals surface area contributed by atoms with Crippen LogP contribution in [0.1, 0.15) is 11.1 Å². The minimum Gasteiger partial charge on any atom is -0.392 e. The van der Waals surface area contributed by atoms with Crippen LogP contribution < -0.4 is 16.4 Å². The second-order valence-corrected chi connectivity index (χ2v) is 6.87. The third-order valence-electron chi connectivity index (χ3n) is 4.85. The van der Waals surface area contributed by atoms with Gasteiger partial charge in [-0.15, -0.1) is 0 Å². The second kappa shape index (κ2) is 8.02. The maximum Gasteiger partial charge on any atom is 0.416 e. The Bertz CT molecular complexity index is 1370. The number of halogens is 4. The van der Waals surface area contributed by atoms with Crippen LogP contribution in [-0.4, -0.2) is 30.7 Å². The van der Waals surface area contributed by atoms with Crippen molar-refractivity contribution in [2.45, 2.75) is 12.8 Å². The lowest BCUT2D eigenvalue weighted by Crippen LogP contribution is -2.33. The number of amides is 2. The van der Waals surface area contributed by atoms with Crippen molar-refractivity contribution in [1.82, 2.24) is 19.6 Å². The van der Waals surface area contributed by atoms with Crippen LogP contribution in [0.5, 0.6) is 0 Å². The Kier molecular flexibility index (Phi) is 5.33. The van der Waals surface area contributed by atoms with Gasteiger partial charge in [-0.2, -0.15) is 18.3 Å². The number of pyridine rings is 1. The van der Waals surface area contributed by atoms with Crippen molar-refractivity contribution in [3.63, 3.8) is 0 Å². The third-order valence-corrected chi connectivity index (χ3v) is 4.85. The first kappa shape index (κ1) is 22.0. The topological polar surface area (TPSA) is 136 Å². The zero-order valence-corrected chi connectivity index (χ0v) is 16.6. The summed E-state index contributed by atoms with van der Waals surface area (Å²) in [5.74, 6) is -1.41. The number of benzene rings is 1. The van der Waals surface area contributed by atoms with Crippen molar-refractivity contribution in [2.24, 2.45) is 5.73 Å². The fourth-order valence-electron chi connectivity index (χ4n) is 3.44. The minimum atomic E-state index is -4.71. The van der Waals surface area contributed by atoms with Crippen LogP contribution in [0.25, 0.3) is 16.6 Å². The Balaban J connectivity index is 1.84. The Hall–Kier alpha value is -4.26. The SMILES string of the molecule is NC(=O)N(c1cc(C(F)(F)F)ccn1)c1ccc(-c2c(CO)cn3ncnc(N)c23)cc1F. The first-order chi connectivity index (χ1) is 15.6. The number of rotatable bonds is 4. The second-order valence-electron chi connectivity index (χ2n) is 6.87. The minimum absolute atomic E-state index is 0.0797. The predicted octanol–water partition coefficient (Wildman–Crippen LogP) is 3.24. The summed E-state index contributed by atoms with van der Waals surface area (Å²) >= 11 is 0. The summed E-state index contributed by atoms with van der Waals surface area (Å²) in [6, 6.07) is 3.63. The van der Waals surface area contributed by atoms with E-state index in [1.165, 1.54) is 23.1 Å². The van der Waals surface area contributed by atoms with Gasteiger partial charge in [0.05, 0.1) is 17.9 Å². The lowest BCUT2D eigenvalue weighted by Gasteiger charge is -2.21. The smallest absolute Gasteiger partial charge is 0.392 e. The molecule has 3 heterocycles. The summed E-state index contributed by atoms with van der Waals surface area (Å²) in [7, 11) is 0. The van der Waals surface area contributed by atoms with Crippen molar-refractivity contribution in [3.05, 3.63) is 66.0 Å². The van der Waals surface area contributed by atoms with Gasteiger partial charge in [0.2, 0.25) is 0 Å². The number of aliphatic hydroxyl groups excluding tert-OH is 1. The maximum atomic E-state index is 15.2. The van der Waals surface area contributed by atoms with Crippen LogP contribution in [0.4, 0.5) is 39.7 Å². The summed E-state index contributed by atoms with van der Waals surface area (Å²) in [6.07, 6.45) is -1.16. The Morgan fingerprint density at radius 1 is 1.18 bits per heavy atom. The van der Waals surface area contributed by atoms with Crippen molar-refractivity contribution < 1.29 is 27.5 Å². The van der Waals surface area contributed by atoms with Gasteiger partial charge in [0.1, 0.15) is 23.5 Å². The molecule has 4 aromatic rings. The van der Waals surface area contributed by atoms with Gasteiger partial charge in [-0.25, -0.2) is 28.6 Å². The Morgan fingerprint density at radius 2 is 1.94 bits per heavy atom. The van der Waals surface area contributed by atoms with E-state index >= 15 is 4.39 Å². The molecule has 0 unspecified atom stereocenters. The predicted molar refractivity (Wildman–Crippen MR) is 110 cm³/mol. The normalized spacial score (nSPS) is 11.7. The Labute approximate surface area is 182 Å². The van der Waals surface area contributed by atoms with Gasteiger partial charge < -0.3 is 16.6 Å². The molecule has 170 valence electrons. The number of carbonyl (C=O) groups excluding carboxylic acids is 1. The number of urea groups is 1. The summed E-state index contributed by atoms with van der Waals surface area (Å²) in [5.41, 5.74) is 11.1. The number of anilines is 3. The highest BCUT2D eigenvalue weighted by molar-refractivity contribution is 5.98. The fraction of sp³-hybridized carbons (Fsp3) is 0.100. The van der Waals surface area contributed by atoms with Gasteiger partial charge in [-0.1, -0.05) is 6.07 Å². The van der Waals surface area contributed by atoms with Gasteiger partial charge in [0, 0.05) is 23.5 Å². The van der Waals surface area contributed by atoms with Crippen molar-refractivity contribution in [1.29, 1.82) is 0 Å². The van der Waals surface area contributed by atoms with Crippen molar-refractivity contribution >= 4 is 28.9 Å². The highest BCUT2D eigenvalue weighted by Crippen LogP contribution is 2.37. The van der Waals surface area contributed by atoms with E-state index in [-0.39, 0.29) is 11.4 Å². The number of fused-ring (bicyclic) bond motifs is 1. The first-order valence-corrected chi connectivity index (χ1v) is 9.26. The molecular formula is C20H15F4N7O2. The van der Waals surface area contributed by atoms with E-state index in [1.807, 2.05) is 0 Å². The van der Waals surface area contributed by atoms with Crippen molar-refractivity contribution in [2.75, 3.05) is 10.6 Å². The monoisotopic (exact) mass is 461 g/mol. The van der Waals surface area contributed by atoms with Crippen LogP contribution in [0.15, 0.2) is 49.1 Å². The third kappa shape index (κ3) is 3.89. The summed E-state index contributed by atoms with van der Waals surface area (Å²) in [6.45, 7) is -0.414. The molecule has 5 N–H and O–H groups in total. The number of aromatic nitrogens is 4. The number of hydrogen-bond donors (Lipinski definition) is 3. The summed E-state index contributed by atoms with van der Waals surface area (Å²) < 4.78 is 55.8. The number of hydrogen-bond acceptors (Lipinski definition) is 6. The highest BCUT2D eigenvalue weighted by atomic mass is 19.4. The van der Waals surface area contributed by atoms with Crippen molar-refractivity contribution in [3.8, 4) is 11.1 Å². The molecule has 0 saturated carbocycles. The van der Waals surface area contributed by atoms with Gasteiger partial charge in [0.15, 0.2) is 5.82 Å². The number of primary amides is 1. The molecule has 0 radical (unpaired) electrons. The summed E-state index contributed by atoms with van der Waals surface area (Å²) in [5, 5.41) is 13.7. The van der Waals surface area contributed by atoms with Gasteiger partial charge in [-0.05, 0) is 29.8 Å². The molecule has 33 heavy (non-hydrogen) atoms. The summed E-state index contributed by atoms with van der Waals surface area (Å²) in [4.78, 5) is 20.2. The molecule has 3 aromatic heterocycles. The number of nitrogens with zero attached hydrogens (tertiary/aromatic N) is 5. The molecule has 0 atom stereocenters. The molecule has 0 fully saturated rings. The molecule has 0 saturated heterocycles. The van der Waals surface area contributed by atoms with E-state index in [0.29, 0.717) is 33.7 Å². The first-order valence-electron chi connectivity index (χ1n) is 9.26. The quantitative estimate of drug-likeness (QED) is 0.399. The Morgan fingerprint density at radius 3 is 2.58 bits per heavy atom. The number of carbonyl (C=O) groups is 1. The van der Waals surface area contributed by atoms with Crippen LogP contribution in [0.2, 0.25) is 0 Å². The number of aliphatic hydroxyl groups is 1. The van der Waals surface area contributed by atoms with E-state index in [9.17, 15) is 23.1 Å². The maximum absolute atomic E-state index is 15.2. The van der Waals surface area contributed by atoms with E-state index < -0.39 is 41.7 Å². The zero-order chi connectivity index (χ0) is 23.9. The van der Waals surface area contributed by atoms with Crippen LogP contribution in [0.3, 0.4) is 0 Å². The van der Waals surface area contributed by atoms with Gasteiger partial charge >= 0.3 is 12.2 Å². The number of nitrogens with two attached hydrogens (primary N) is 2. The molecule has 0 aliphatic rings.